The number of ketones is 1. The van der Waals surface area contributed by atoms with Gasteiger partial charge in [0.05, 0.1) is 16.7 Å². The molecule has 0 unspecified atom stereocenters. The first-order chi connectivity index (χ1) is 15.0. The number of carbonyl (C=O) groups is 1. The number of benzene rings is 1. The second-order valence-corrected chi connectivity index (χ2v) is 9.38. The average molecular weight is 420 g/mol. The molecule has 1 aliphatic carbocycles. The van der Waals surface area contributed by atoms with Crippen LogP contribution in [0.4, 0.5) is 5.69 Å². The zero-order valence-corrected chi connectivity index (χ0v) is 18.9. The van der Waals surface area contributed by atoms with Gasteiger partial charge in [-0.25, -0.2) is 4.98 Å². The monoisotopic (exact) mass is 419 g/mol. The fourth-order valence-corrected chi connectivity index (χ4v) is 5.46. The lowest BCUT2D eigenvalue weighted by molar-refractivity contribution is 0.101. The van der Waals surface area contributed by atoms with Crippen molar-refractivity contribution in [2.24, 2.45) is 0 Å². The van der Waals surface area contributed by atoms with Crippen LogP contribution in [0, 0.1) is 6.92 Å². The van der Waals surface area contributed by atoms with Gasteiger partial charge in [0, 0.05) is 43.1 Å². The number of H-pyrrole nitrogens is 2. The Bertz CT molecular complexity index is 1100. The van der Waals surface area contributed by atoms with Crippen molar-refractivity contribution in [2.75, 3.05) is 38.1 Å². The summed E-state index contributed by atoms with van der Waals surface area (Å²) in [4.78, 5) is 29.4. The number of aromatic amines is 2. The number of fused-ring (bicyclic) bond motifs is 1. The van der Waals surface area contributed by atoms with Crippen molar-refractivity contribution in [3.8, 4) is 11.5 Å². The van der Waals surface area contributed by atoms with E-state index in [2.05, 4.69) is 45.0 Å². The van der Waals surface area contributed by atoms with Gasteiger partial charge in [-0.15, -0.1) is 0 Å². The molecule has 3 aromatic rings. The predicted octanol–water partition coefficient (Wildman–Crippen LogP) is 4.87. The Hall–Kier alpha value is -2.60. The van der Waals surface area contributed by atoms with E-state index in [4.69, 9.17) is 4.98 Å². The molecule has 0 radical (unpaired) electrons. The van der Waals surface area contributed by atoms with E-state index >= 15 is 0 Å². The molecule has 3 heterocycles. The molecule has 0 spiro atoms. The molecular formula is C25H33N5O. The highest BCUT2D eigenvalue weighted by Crippen LogP contribution is 2.41. The number of likely N-dealkylation sites (N-methyl/N-ethyl adjacent to an activating group) is 1. The van der Waals surface area contributed by atoms with E-state index in [9.17, 15) is 4.79 Å². The lowest BCUT2D eigenvalue weighted by Gasteiger charge is -2.34. The third-order valence-corrected chi connectivity index (χ3v) is 7.16. The Kier molecular flexibility index (Phi) is 5.34. The van der Waals surface area contributed by atoms with Crippen LogP contribution in [-0.4, -0.2) is 58.9 Å². The summed E-state index contributed by atoms with van der Waals surface area (Å²) < 4.78 is 0. The van der Waals surface area contributed by atoms with Crippen LogP contribution in [0.2, 0.25) is 0 Å². The molecule has 5 rings (SSSR count). The highest BCUT2D eigenvalue weighted by molar-refractivity contribution is 5.99. The van der Waals surface area contributed by atoms with Gasteiger partial charge < -0.3 is 19.8 Å². The van der Waals surface area contributed by atoms with Crippen molar-refractivity contribution in [3.63, 3.8) is 0 Å². The Balaban J connectivity index is 1.54. The maximum Gasteiger partial charge on any atom is 0.161 e. The third kappa shape index (κ3) is 3.78. The molecule has 31 heavy (non-hydrogen) atoms. The number of hydrogen-bond acceptors (Lipinski definition) is 4. The maximum atomic E-state index is 12.5. The van der Waals surface area contributed by atoms with Crippen molar-refractivity contribution < 1.29 is 4.79 Å². The summed E-state index contributed by atoms with van der Waals surface area (Å²) in [6.45, 7) is 7.98. The van der Waals surface area contributed by atoms with Gasteiger partial charge in [0.25, 0.3) is 0 Å². The Morgan fingerprint density at radius 1 is 1.06 bits per heavy atom. The molecule has 6 heteroatoms. The van der Waals surface area contributed by atoms with Crippen LogP contribution in [0.15, 0.2) is 18.2 Å². The summed E-state index contributed by atoms with van der Waals surface area (Å²) >= 11 is 0. The molecule has 0 atom stereocenters. The summed E-state index contributed by atoms with van der Waals surface area (Å²) in [7, 11) is 2.18. The number of nitrogens with zero attached hydrogens (tertiary/aromatic N) is 3. The van der Waals surface area contributed by atoms with Gasteiger partial charge in [-0.1, -0.05) is 19.3 Å². The number of piperazine rings is 1. The van der Waals surface area contributed by atoms with Crippen molar-refractivity contribution in [2.45, 2.75) is 51.9 Å². The Morgan fingerprint density at radius 2 is 1.81 bits per heavy atom. The van der Waals surface area contributed by atoms with E-state index in [0.29, 0.717) is 5.92 Å². The summed E-state index contributed by atoms with van der Waals surface area (Å²) in [6.07, 6.45) is 6.07. The number of imidazole rings is 1. The second kappa shape index (κ2) is 8.15. The van der Waals surface area contributed by atoms with Crippen LogP contribution in [-0.2, 0) is 0 Å². The molecular weight excluding hydrogens is 386 g/mol. The molecule has 0 amide bonds. The first-order valence-corrected chi connectivity index (χ1v) is 11.7. The van der Waals surface area contributed by atoms with Crippen molar-refractivity contribution >= 4 is 22.5 Å². The summed E-state index contributed by atoms with van der Waals surface area (Å²) in [5.41, 5.74) is 7.30. The Labute approximate surface area is 184 Å². The summed E-state index contributed by atoms with van der Waals surface area (Å²) in [5, 5.41) is 0. The van der Waals surface area contributed by atoms with E-state index in [0.717, 1.165) is 72.8 Å². The fraction of sp³-hybridized carbons (Fsp3) is 0.520. The predicted molar refractivity (Wildman–Crippen MR) is 126 cm³/mol. The SMILES string of the molecule is CC(=O)c1c(C)[nH]c(-c2nc3ccc(N4CCN(C)CC4)cc3[nH]2)c1C1CCCCC1. The van der Waals surface area contributed by atoms with Gasteiger partial charge in [0.1, 0.15) is 0 Å². The van der Waals surface area contributed by atoms with Crippen molar-refractivity contribution in [1.82, 2.24) is 19.9 Å². The maximum absolute atomic E-state index is 12.5. The van der Waals surface area contributed by atoms with E-state index in [1.54, 1.807) is 6.92 Å². The number of nitrogens with one attached hydrogen (secondary N) is 2. The number of anilines is 1. The molecule has 2 N–H and O–H groups in total. The average Bonchev–Trinajstić information content (AvgIpc) is 3.35. The topological polar surface area (TPSA) is 68.0 Å². The van der Waals surface area contributed by atoms with Gasteiger partial charge in [-0.05, 0) is 63.4 Å². The van der Waals surface area contributed by atoms with Gasteiger partial charge in [-0.3, -0.25) is 4.79 Å². The fourth-order valence-electron chi connectivity index (χ4n) is 5.46. The number of carbonyl (C=O) groups excluding carboxylic acids is 1. The minimum atomic E-state index is 0.147. The normalized spacial score (nSPS) is 18.7. The van der Waals surface area contributed by atoms with E-state index < -0.39 is 0 Å². The molecule has 164 valence electrons. The number of aryl methyl sites for hydroxylation is 1. The number of hydrogen-bond donors (Lipinski definition) is 2. The van der Waals surface area contributed by atoms with Crippen LogP contribution in [0.25, 0.3) is 22.6 Å². The highest BCUT2D eigenvalue weighted by Gasteiger charge is 2.28. The standard InChI is InChI=1S/C25H33N5O/c1-16-22(17(2)31)23(18-7-5-4-6-8-18)24(26-16)25-27-20-10-9-19(15-21(20)28-25)30-13-11-29(3)12-14-30/h9-10,15,18,26H,4-8,11-14H2,1-3H3,(H,27,28). The molecule has 1 saturated heterocycles. The largest absolute Gasteiger partial charge is 0.369 e. The minimum Gasteiger partial charge on any atom is -0.369 e. The van der Waals surface area contributed by atoms with Crippen LogP contribution in [0.1, 0.15) is 66.6 Å². The molecule has 1 aromatic carbocycles. The molecule has 2 fully saturated rings. The summed E-state index contributed by atoms with van der Waals surface area (Å²) in [5.74, 6) is 1.43. The molecule has 6 nitrogen and oxygen atoms in total. The highest BCUT2D eigenvalue weighted by atomic mass is 16.1. The first-order valence-electron chi connectivity index (χ1n) is 11.7. The number of aromatic nitrogens is 3. The van der Waals surface area contributed by atoms with E-state index in [1.807, 2.05) is 6.92 Å². The second-order valence-electron chi connectivity index (χ2n) is 9.38. The quantitative estimate of drug-likeness (QED) is 0.592. The van der Waals surface area contributed by atoms with Gasteiger partial charge in [-0.2, -0.15) is 0 Å². The minimum absolute atomic E-state index is 0.147. The lowest BCUT2D eigenvalue weighted by atomic mass is 9.81. The summed E-state index contributed by atoms with van der Waals surface area (Å²) in [6, 6.07) is 6.52. The van der Waals surface area contributed by atoms with E-state index in [1.165, 1.54) is 30.5 Å². The van der Waals surface area contributed by atoms with Crippen LogP contribution in [0.5, 0.6) is 0 Å². The smallest absolute Gasteiger partial charge is 0.161 e. The van der Waals surface area contributed by atoms with Crippen LogP contribution in [0.3, 0.4) is 0 Å². The van der Waals surface area contributed by atoms with Gasteiger partial charge in [0.2, 0.25) is 0 Å². The van der Waals surface area contributed by atoms with Gasteiger partial charge in [0.15, 0.2) is 11.6 Å². The molecule has 2 aromatic heterocycles. The zero-order chi connectivity index (χ0) is 21.5. The van der Waals surface area contributed by atoms with Gasteiger partial charge >= 0.3 is 0 Å². The molecule has 1 saturated carbocycles. The zero-order valence-electron chi connectivity index (χ0n) is 18.9. The van der Waals surface area contributed by atoms with Crippen LogP contribution < -0.4 is 4.90 Å². The molecule has 2 aliphatic rings. The first kappa shape index (κ1) is 20.3. The molecule has 1 aliphatic heterocycles. The third-order valence-electron chi connectivity index (χ3n) is 7.16. The molecule has 0 bridgehead atoms. The lowest BCUT2D eigenvalue weighted by Crippen LogP contribution is -2.44. The van der Waals surface area contributed by atoms with E-state index in [-0.39, 0.29) is 5.78 Å². The van der Waals surface area contributed by atoms with Crippen molar-refractivity contribution in [1.29, 1.82) is 0 Å². The Morgan fingerprint density at radius 3 is 2.52 bits per heavy atom. The van der Waals surface area contributed by atoms with Crippen molar-refractivity contribution in [3.05, 3.63) is 35.0 Å². The number of Topliss-reactive ketones (excluding diaryl/α,β-unsaturated/α-hetero) is 1. The number of rotatable bonds is 4. The van der Waals surface area contributed by atoms with Crippen LogP contribution >= 0.6 is 0 Å².